The van der Waals surface area contributed by atoms with Gasteiger partial charge in [0.25, 0.3) is 5.69 Å². The summed E-state index contributed by atoms with van der Waals surface area (Å²) >= 11 is 1.59. The molecule has 0 atom stereocenters. The number of H-pyrrole nitrogens is 1. The van der Waals surface area contributed by atoms with E-state index in [0.717, 1.165) is 17.2 Å². The van der Waals surface area contributed by atoms with Crippen molar-refractivity contribution < 1.29 is 4.92 Å². The molecule has 0 aliphatic heterocycles. The number of non-ortho nitro benzene ring substituents is 1. The second-order valence-corrected chi connectivity index (χ2v) is 6.47. The number of fused-ring (bicyclic) bond motifs is 1. The van der Waals surface area contributed by atoms with Crippen molar-refractivity contribution in [3.05, 3.63) is 44.1 Å². The number of nitro groups is 1. The summed E-state index contributed by atoms with van der Waals surface area (Å²) in [6, 6.07) is 4.29. The number of hydrogen-bond donors (Lipinski definition) is 2. The fourth-order valence-electron chi connectivity index (χ4n) is 2.42. The SMILES string of the molecule is CCCCCCSc1[nH]c2ccc([N+](=O)[O-])cc2c(=O)c1CN. The van der Waals surface area contributed by atoms with Crippen LogP contribution in [-0.2, 0) is 6.54 Å². The van der Waals surface area contributed by atoms with Crippen LogP contribution < -0.4 is 11.2 Å². The third kappa shape index (κ3) is 4.11. The number of nitro benzene ring substituents is 1. The number of thioether (sulfide) groups is 1. The Kier molecular flexibility index (Phi) is 6.18. The predicted molar refractivity (Wildman–Crippen MR) is 94.0 cm³/mol. The molecule has 0 fully saturated rings. The fraction of sp³-hybridized carbons (Fsp3) is 0.438. The number of rotatable bonds is 8. The molecule has 7 heteroatoms. The van der Waals surface area contributed by atoms with Crippen molar-refractivity contribution in [3.63, 3.8) is 0 Å². The van der Waals surface area contributed by atoms with Crippen molar-refractivity contribution in [1.82, 2.24) is 4.98 Å². The molecule has 124 valence electrons. The molecule has 0 aliphatic rings. The average molecular weight is 335 g/mol. The Morgan fingerprint density at radius 3 is 2.74 bits per heavy atom. The highest BCUT2D eigenvalue weighted by molar-refractivity contribution is 7.99. The highest BCUT2D eigenvalue weighted by atomic mass is 32.2. The molecule has 0 unspecified atom stereocenters. The lowest BCUT2D eigenvalue weighted by Gasteiger charge is -2.09. The molecule has 0 radical (unpaired) electrons. The van der Waals surface area contributed by atoms with Gasteiger partial charge in [-0.15, -0.1) is 11.8 Å². The minimum absolute atomic E-state index is 0.0917. The summed E-state index contributed by atoms with van der Waals surface area (Å²) in [5.41, 5.74) is 6.52. The molecule has 0 saturated heterocycles. The van der Waals surface area contributed by atoms with Crippen LogP contribution >= 0.6 is 11.8 Å². The zero-order valence-electron chi connectivity index (χ0n) is 13.1. The minimum atomic E-state index is -0.503. The van der Waals surface area contributed by atoms with E-state index in [0.29, 0.717) is 16.5 Å². The van der Waals surface area contributed by atoms with Crippen LogP contribution in [0.2, 0.25) is 0 Å². The average Bonchev–Trinajstić information content (AvgIpc) is 2.54. The quantitative estimate of drug-likeness (QED) is 0.332. The minimum Gasteiger partial charge on any atom is -0.349 e. The first kappa shape index (κ1) is 17.5. The van der Waals surface area contributed by atoms with E-state index in [9.17, 15) is 14.9 Å². The summed E-state index contributed by atoms with van der Waals surface area (Å²) in [5.74, 6) is 0.918. The smallest absolute Gasteiger partial charge is 0.270 e. The fourth-order valence-corrected chi connectivity index (χ4v) is 3.50. The van der Waals surface area contributed by atoms with Gasteiger partial charge in [0.15, 0.2) is 5.43 Å². The van der Waals surface area contributed by atoms with Crippen LogP contribution in [0, 0.1) is 10.1 Å². The monoisotopic (exact) mass is 335 g/mol. The van der Waals surface area contributed by atoms with Crippen LogP contribution in [0.15, 0.2) is 28.0 Å². The molecule has 0 bridgehead atoms. The van der Waals surface area contributed by atoms with Crippen molar-refractivity contribution in [3.8, 4) is 0 Å². The van der Waals surface area contributed by atoms with Crippen molar-refractivity contribution in [2.75, 3.05) is 5.75 Å². The standard InChI is InChI=1S/C16H21N3O3S/c1-2-3-4-5-8-23-16-13(10-17)15(20)12-9-11(19(21)22)6-7-14(12)18-16/h6-7,9H,2-5,8,10,17H2,1H3,(H,18,20). The number of nitrogens with one attached hydrogen (secondary N) is 1. The van der Waals surface area contributed by atoms with Gasteiger partial charge in [0.05, 0.1) is 20.9 Å². The Balaban J connectivity index is 2.33. The van der Waals surface area contributed by atoms with E-state index in [1.807, 2.05) is 0 Å². The maximum absolute atomic E-state index is 12.6. The molecule has 23 heavy (non-hydrogen) atoms. The zero-order valence-corrected chi connectivity index (χ0v) is 13.9. The van der Waals surface area contributed by atoms with Crippen LogP contribution in [0.5, 0.6) is 0 Å². The Hall–Kier alpha value is -1.86. The van der Waals surface area contributed by atoms with E-state index in [-0.39, 0.29) is 17.7 Å². The van der Waals surface area contributed by atoms with Gasteiger partial charge in [-0.2, -0.15) is 0 Å². The Morgan fingerprint density at radius 2 is 2.09 bits per heavy atom. The second-order valence-electron chi connectivity index (χ2n) is 5.36. The maximum atomic E-state index is 12.6. The van der Waals surface area contributed by atoms with Crippen LogP contribution in [-0.4, -0.2) is 15.7 Å². The van der Waals surface area contributed by atoms with E-state index >= 15 is 0 Å². The van der Waals surface area contributed by atoms with Crippen molar-refractivity contribution in [2.24, 2.45) is 5.73 Å². The third-order valence-corrected chi connectivity index (χ3v) is 4.83. The van der Waals surface area contributed by atoms with Gasteiger partial charge in [0.2, 0.25) is 0 Å². The number of aromatic nitrogens is 1. The summed E-state index contributed by atoms with van der Waals surface area (Å²) < 4.78 is 0. The molecule has 0 saturated carbocycles. The molecular formula is C16H21N3O3S. The molecule has 0 spiro atoms. The van der Waals surface area contributed by atoms with Crippen LogP contribution in [0.4, 0.5) is 5.69 Å². The highest BCUT2D eigenvalue weighted by Crippen LogP contribution is 2.24. The van der Waals surface area contributed by atoms with Gasteiger partial charge in [-0.3, -0.25) is 14.9 Å². The number of benzene rings is 1. The van der Waals surface area contributed by atoms with Gasteiger partial charge in [-0.1, -0.05) is 26.2 Å². The molecule has 6 nitrogen and oxygen atoms in total. The number of nitrogens with zero attached hydrogens (tertiary/aromatic N) is 1. The van der Waals surface area contributed by atoms with Gasteiger partial charge >= 0.3 is 0 Å². The van der Waals surface area contributed by atoms with E-state index < -0.39 is 4.92 Å². The predicted octanol–water partition coefficient (Wildman–Crippen LogP) is 3.57. The first-order valence-electron chi connectivity index (χ1n) is 7.74. The first-order valence-corrected chi connectivity index (χ1v) is 8.73. The van der Waals surface area contributed by atoms with E-state index in [1.165, 1.54) is 31.4 Å². The number of pyridine rings is 1. The molecule has 1 heterocycles. The van der Waals surface area contributed by atoms with Gasteiger partial charge in [-0.05, 0) is 18.2 Å². The van der Waals surface area contributed by atoms with E-state index in [2.05, 4.69) is 11.9 Å². The van der Waals surface area contributed by atoms with Crippen molar-refractivity contribution in [2.45, 2.75) is 44.2 Å². The summed E-state index contributed by atoms with van der Waals surface area (Å²) in [5, 5.41) is 12.0. The molecular weight excluding hydrogens is 314 g/mol. The summed E-state index contributed by atoms with van der Waals surface area (Å²) in [7, 11) is 0. The normalized spacial score (nSPS) is 11.0. The summed E-state index contributed by atoms with van der Waals surface area (Å²) in [4.78, 5) is 26.1. The molecule has 3 N–H and O–H groups in total. The molecule has 0 amide bonds. The van der Waals surface area contributed by atoms with Gasteiger partial charge < -0.3 is 10.7 Å². The molecule has 1 aromatic carbocycles. The van der Waals surface area contributed by atoms with Crippen LogP contribution in [0.1, 0.15) is 38.2 Å². The number of nitrogens with two attached hydrogens (primary N) is 1. The van der Waals surface area contributed by atoms with Crippen molar-refractivity contribution >= 4 is 28.4 Å². The lowest BCUT2D eigenvalue weighted by Crippen LogP contribution is -2.16. The summed E-state index contributed by atoms with van der Waals surface area (Å²) in [6.45, 7) is 2.28. The third-order valence-electron chi connectivity index (χ3n) is 3.70. The number of aromatic amines is 1. The van der Waals surface area contributed by atoms with Gasteiger partial charge in [0, 0.05) is 24.2 Å². The lowest BCUT2D eigenvalue weighted by molar-refractivity contribution is -0.384. The number of unbranched alkanes of at least 4 members (excludes halogenated alkanes) is 3. The molecule has 2 rings (SSSR count). The van der Waals surface area contributed by atoms with Gasteiger partial charge in [0.1, 0.15) is 0 Å². The zero-order chi connectivity index (χ0) is 16.8. The number of hydrogen-bond acceptors (Lipinski definition) is 5. The highest BCUT2D eigenvalue weighted by Gasteiger charge is 2.14. The maximum Gasteiger partial charge on any atom is 0.270 e. The van der Waals surface area contributed by atoms with E-state index in [1.54, 1.807) is 17.8 Å². The Bertz CT molecular complexity index is 758. The Labute approximate surface area is 138 Å². The van der Waals surface area contributed by atoms with Crippen LogP contribution in [0.25, 0.3) is 10.9 Å². The second kappa shape index (κ2) is 8.12. The molecule has 1 aromatic heterocycles. The first-order chi connectivity index (χ1) is 11.1. The van der Waals surface area contributed by atoms with E-state index in [4.69, 9.17) is 5.73 Å². The summed E-state index contributed by atoms with van der Waals surface area (Å²) in [6.07, 6.45) is 4.65. The Morgan fingerprint density at radius 1 is 1.30 bits per heavy atom. The van der Waals surface area contributed by atoms with Gasteiger partial charge in [-0.25, -0.2) is 0 Å². The van der Waals surface area contributed by atoms with Crippen molar-refractivity contribution in [1.29, 1.82) is 0 Å². The topological polar surface area (TPSA) is 102 Å². The lowest BCUT2D eigenvalue weighted by atomic mass is 10.1. The largest absolute Gasteiger partial charge is 0.349 e. The van der Waals surface area contributed by atoms with Crippen LogP contribution in [0.3, 0.4) is 0 Å². The molecule has 2 aromatic rings. The molecule has 0 aliphatic carbocycles.